The Balaban J connectivity index is 1.53. The molecule has 4 rings (SSSR count). The SMILES string of the molecule is CC(=O)N1CCN(c2ccc(C(=O)Nc3ccccc3Oc3ccc(C)cc3)cc2[N+](=O)[O-])CC1. The predicted octanol–water partition coefficient (Wildman–Crippen LogP) is 4.62. The molecule has 0 unspecified atom stereocenters. The number of carbonyl (C=O) groups excluding carboxylic acids is 2. The Bertz CT molecular complexity index is 1250. The third-order valence-electron chi connectivity index (χ3n) is 5.88. The topological polar surface area (TPSA) is 105 Å². The maximum absolute atomic E-state index is 13.0. The zero-order chi connectivity index (χ0) is 24.9. The van der Waals surface area contributed by atoms with Gasteiger partial charge < -0.3 is 19.9 Å². The van der Waals surface area contributed by atoms with Gasteiger partial charge in [-0.1, -0.05) is 29.8 Å². The molecule has 0 bridgehead atoms. The van der Waals surface area contributed by atoms with Gasteiger partial charge in [-0.15, -0.1) is 0 Å². The summed E-state index contributed by atoms with van der Waals surface area (Å²) in [4.78, 5) is 39.5. The van der Waals surface area contributed by atoms with E-state index < -0.39 is 10.8 Å². The summed E-state index contributed by atoms with van der Waals surface area (Å²) in [6.45, 7) is 5.44. The molecular formula is C26H26N4O5. The first-order chi connectivity index (χ1) is 16.8. The summed E-state index contributed by atoms with van der Waals surface area (Å²) in [6, 6.07) is 19.0. The number of ether oxygens (including phenoxy) is 1. The first kappa shape index (κ1) is 23.7. The lowest BCUT2D eigenvalue weighted by molar-refractivity contribution is -0.384. The summed E-state index contributed by atoms with van der Waals surface area (Å²) in [5.41, 5.74) is 1.99. The first-order valence-electron chi connectivity index (χ1n) is 11.3. The number of anilines is 2. The van der Waals surface area contributed by atoms with Crippen molar-refractivity contribution in [3.63, 3.8) is 0 Å². The summed E-state index contributed by atoms with van der Waals surface area (Å²) in [6.07, 6.45) is 0. The molecule has 0 aliphatic carbocycles. The minimum absolute atomic E-state index is 0.0159. The Morgan fingerprint density at radius 2 is 1.66 bits per heavy atom. The van der Waals surface area contributed by atoms with Crippen molar-refractivity contribution in [1.29, 1.82) is 0 Å². The smallest absolute Gasteiger partial charge is 0.293 e. The lowest BCUT2D eigenvalue weighted by Crippen LogP contribution is -2.48. The molecule has 1 aliphatic heterocycles. The van der Waals surface area contributed by atoms with Gasteiger partial charge in [0.2, 0.25) is 5.91 Å². The molecule has 2 amide bonds. The van der Waals surface area contributed by atoms with Crippen molar-refractivity contribution in [3.05, 3.63) is 88.0 Å². The third-order valence-corrected chi connectivity index (χ3v) is 5.88. The van der Waals surface area contributed by atoms with Crippen molar-refractivity contribution in [3.8, 4) is 11.5 Å². The molecule has 180 valence electrons. The summed E-state index contributed by atoms with van der Waals surface area (Å²) in [7, 11) is 0. The number of piperazine rings is 1. The lowest BCUT2D eigenvalue weighted by Gasteiger charge is -2.35. The maximum atomic E-state index is 13.0. The first-order valence-corrected chi connectivity index (χ1v) is 11.3. The third kappa shape index (κ3) is 5.57. The Labute approximate surface area is 203 Å². The van der Waals surface area contributed by atoms with Crippen LogP contribution in [0.4, 0.5) is 17.1 Å². The Kier molecular flexibility index (Phi) is 6.96. The van der Waals surface area contributed by atoms with E-state index in [0.717, 1.165) is 5.56 Å². The van der Waals surface area contributed by atoms with Gasteiger partial charge in [-0.2, -0.15) is 0 Å². The van der Waals surface area contributed by atoms with E-state index >= 15 is 0 Å². The standard InChI is InChI=1S/C26H26N4O5/c1-18-7-10-21(11-8-18)35-25-6-4-3-5-22(25)27-26(32)20-9-12-23(24(17-20)30(33)34)29-15-13-28(14-16-29)19(2)31/h3-12,17H,13-16H2,1-2H3,(H,27,32). The number of hydrogen-bond donors (Lipinski definition) is 1. The van der Waals surface area contributed by atoms with E-state index in [-0.39, 0.29) is 17.2 Å². The molecule has 0 spiro atoms. The summed E-state index contributed by atoms with van der Waals surface area (Å²) >= 11 is 0. The zero-order valence-corrected chi connectivity index (χ0v) is 19.6. The molecule has 3 aromatic carbocycles. The summed E-state index contributed by atoms with van der Waals surface area (Å²) < 4.78 is 5.93. The Morgan fingerprint density at radius 3 is 2.31 bits per heavy atom. The van der Waals surface area contributed by atoms with E-state index in [4.69, 9.17) is 4.74 Å². The van der Waals surface area contributed by atoms with Gasteiger partial charge in [-0.25, -0.2) is 0 Å². The van der Waals surface area contributed by atoms with Crippen LogP contribution in [0.25, 0.3) is 0 Å². The molecular weight excluding hydrogens is 448 g/mol. The van der Waals surface area contributed by atoms with E-state index in [9.17, 15) is 19.7 Å². The second-order valence-electron chi connectivity index (χ2n) is 8.32. The highest BCUT2D eigenvalue weighted by atomic mass is 16.6. The average Bonchev–Trinajstić information content (AvgIpc) is 2.86. The van der Waals surface area contributed by atoms with Gasteiger partial charge in [0.15, 0.2) is 5.75 Å². The highest BCUT2D eigenvalue weighted by molar-refractivity contribution is 6.05. The second kappa shape index (κ2) is 10.3. The van der Waals surface area contributed by atoms with E-state index in [1.165, 1.54) is 13.0 Å². The van der Waals surface area contributed by atoms with E-state index in [2.05, 4.69) is 5.32 Å². The molecule has 1 fully saturated rings. The monoisotopic (exact) mass is 474 g/mol. The Morgan fingerprint density at radius 1 is 0.971 bits per heavy atom. The van der Waals surface area contributed by atoms with Crippen LogP contribution in [-0.4, -0.2) is 47.8 Å². The van der Waals surface area contributed by atoms with Gasteiger partial charge in [-0.05, 0) is 43.3 Å². The molecule has 1 N–H and O–H groups in total. The van der Waals surface area contributed by atoms with E-state index in [1.807, 2.05) is 36.1 Å². The van der Waals surface area contributed by atoms with Crippen LogP contribution < -0.4 is 15.0 Å². The number of nitrogens with zero attached hydrogens (tertiary/aromatic N) is 3. The molecule has 1 saturated heterocycles. The fourth-order valence-electron chi connectivity index (χ4n) is 3.93. The molecule has 35 heavy (non-hydrogen) atoms. The fraction of sp³-hybridized carbons (Fsp3) is 0.231. The van der Waals surface area contributed by atoms with Crippen molar-refractivity contribution in [2.45, 2.75) is 13.8 Å². The number of hydrogen-bond acceptors (Lipinski definition) is 6. The molecule has 0 atom stereocenters. The van der Waals surface area contributed by atoms with Crippen LogP contribution in [0.1, 0.15) is 22.8 Å². The number of benzene rings is 3. The highest BCUT2D eigenvalue weighted by Gasteiger charge is 2.26. The minimum Gasteiger partial charge on any atom is -0.455 e. The van der Waals surface area contributed by atoms with Gasteiger partial charge in [0.1, 0.15) is 11.4 Å². The molecule has 9 heteroatoms. The average molecular weight is 475 g/mol. The highest BCUT2D eigenvalue weighted by Crippen LogP contribution is 2.32. The molecule has 9 nitrogen and oxygen atoms in total. The normalized spacial score (nSPS) is 13.3. The van der Waals surface area contributed by atoms with Crippen LogP contribution in [0.15, 0.2) is 66.7 Å². The van der Waals surface area contributed by atoms with Crippen LogP contribution in [0, 0.1) is 17.0 Å². The van der Waals surface area contributed by atoms with Crippen molar-refractivity contribution < 1.29 is 19.2 Å². The molecule has 1 aliphatic rings. The Hall–Kier alpha value is -4.40. The van der Waals surface area contributed by atoms with Crippen LogP contribution >= 0.6 is 0 Å². The van der Waals surface area contributed by atoms with Crippen LogP contribution in [0.3, 0.4) is 0 Å². The van der Waals surface area contributed by atoms with Crippen molar-refractivity contribution in [1.82, 2.24) is 4.90 Å². The summed E-state index contributed by atoms with van der Waals surface area (Å²) in [5.74, 6) is 0.583. The van der Waals surface area contributed by atoms with Crippen molar-refractivity contribution in [2.24, 2.45) is 0 Å². The van der Waals surface area contributed by atoms with Gasteiger partial charge in [0.25, 0.3) is 11.6 Å². The summed E-state index contributed by atoms with van der Waals surface area (Å²) in [5, 5.41) is 14.6. The fourth-order valence-corrected chi connectivity index (χ4v) is 3.93. The number of carbonyl (C=O) groups is 2. The molecule has 1 heterocycles. The molecule has 3 aromatic rings. The number of para-hydroxylation sites is 2. The van der Waals surface area contributed by atoms with Crippen molar-refractivity contribution >= 4 is 28.9 Å². The number of nitro benzene ring substituents is 1. The number of rotatable bonds is 6. The zero-order valence-electron chi connectivity index (χ0n) is 19.6. The van der Waals surface area contributed by atoms with E-state index in [1.54, 1.807) is 41.3 Å². The van der Waals surface area contributed by atoms with Gasteiger partial charge in [-0.3, -0.25) is 19.7 Å². The van der Waals surface area contributed by atoms with Crippen LogP contribution in [0.5, 0.6) is 11.5 Å². The van der Waals surface area contributed by atoms with Gasteiger partial charge >= 0.3 is 0 Å². The lowest BCUT2D eigenvalue weighted by atomic mass is 10.1. The quantitative estimate of drug-likeness (QED) is 0.413. The predicted molar refractivity (Wildman–Crippen MR) is 133 cm³/mol. The maximum Gasteiger partial charge on any atom is 0.293 e. The minimum atomic E-state index is -0.488. The number of amides is 2. The van der Waals surface area contributed by atoms with Crippen LogP contribution in [0.2, 0.25) is 0 Å². The van der Waals surface area contributed by atoms with Crippen molar-refractivity contribution in [2.75, 3.05) is 36.4 Å². The molecule has 0 aromatic heterocycles. The van der Waals surface area contributed by atoms with Gasteiger partial charge in [0.05, 0.1) is 10.6 Å². The number of aryl methyl sites for hydroxylation is 1. The molecule has 0 saturated carbocycles. The number of nitro groups is 1. The van der Waals surface area contributed by atoms with Gasteiger partial charge in [0, 0.05) is 44.7 Å². The largest absolute Gasteiger partial charge is 0.455 e. The van der Waals surface area contributed by atoms with Crippen LogP contribution in [-0.2, 0) is 4.79 Å². The molecule has 0 radical (unpaired) electrons. The number of nitrogens with one attached hydrogen (secondary N) is 1. The second-order valence-corrected chi connectivity index (χ2v) is 8.32. The van der Waals surface area contributed by atoms with E-state index in [0.29, 0.717) is 49.1 Å².